The lowest BCUT2D eigenvalue weighted by atomic mass is 9.90. The van der Waals surface area contributed by atoms with Crippen molar-refractivity contribution in [1.29, 1.82) is 0 Å². The van der Waals surface area contributed by atoms with Crippen molar-refractivity contribution in [2.45, 2.75) is 38.8 Å². The molecule has 0 aromatic heterocycles. The molecule has 0 radical (unpaired) electrons. The Kier molecular flexibility index (Phi) is 8.43. The van der Waals surface area contributed by atoms with Crippen LogP contribution in [0.5, 0.6) is 11.5 Å². The van der Waals surface area contributed by atoms with E-state index in [1.165, 1.54) is 30.4 Å². The lowest BCUT2D eigenvalue weighted by Crippen LogP contribution is -2.33. The number of hydrogen-bond donors (Lipinski definition) is 1. The number of amides is 1. The summed E-state index contributed by atoms with van der Waals surface area (Å²) in [7, 11) is 3.26. The van der Waals surface area contributed by atoms with Crippen LogP contribution in [0.15, 0.2) is 72.8 Å². The highest BCUT2D eigenvalue weighted by molar-refractivity contribution is 5.94. The molecule has 1 amide bonds. The molecular formula is C30H36N2O3. The molecule has 184 valence electrons. The third kappa shape index (κ3) is 6.64. The van der Waals surface area contributed by atoms with Crippen LogP contribution in [0.3, 0.4) is 0 Å². The average Bonchev–Trinajstić information content (AvgIpc) is 2.90. The molecule has 0 aliphatic carbocycles. The number of nitrogens with zero attached hydrogens (tertiary/aromatic N) is 1. The van der Waals surface area contributed by atoms with Crippen LogP contribution in [0.1, 0.15) is 52.9 Å². The Bertz CT molecular complexity index is 1090. The maximum absolute atomic E-state index is 12.9. The standard InChI is InChI=1S/C30H36N2O3/c1-22(28-20-27(34-2)13-14-29(28)35-3)31-30(33)26-11-9-25(10-12-26)21-32-17-15-24(16-18-32)19-23-7-5-4-6-8-23/h4-14,20,22,24H,15-19,21H2,1-3H3,(H,31,33). The number of benzene rings is 3. The van der Waals surface area contributed by atoms with Gasteiger partial charge in [-0.05, 0) is 86.7 Å². The zero-order chi connectivity index (χ0) is 24.6. The van der Waals surface area contributed by atoms with Crippen LogP contribution in [-0.4, -0.2) is 38.1 Å². The average molecular weight is 473 g/mol. The highest BCUT2D eigenvalue weighted by Crippen LogP contribution is 2.29. The summed E-state index contributed by atoms with van der Waals surface area (Å²) in [4.78, 5) is 15.4. The van der Waals surface area contributed by atoms with E-state index in [2.05, 4.69) is 52.7 Å². The summed E-state index contributed by atoms with van der Waals surface area (Å²) in [6.45, 7) is 5.13. The van der Waals surface area contributed by atoms with Crippen molar-refractivity contribution in [2.75, 3.05) is 27.3 Å². The number of carbonyl (C=O) groups is 1. The number of ether oxygens (including phenoxy) is 2. The summed E-state index contributed by atoms with van der Waals surface area (Å²) < 4.78 is 10.8. The first-order valence-corrected chi connectivity index (χ1v) is 12.4. The lowest BCUT2D eigenvalue weighted by molar-refractivity contribution is 0.0939. The highest BCUT2D eigenvalue weighted by Gasteiger charge is 2.20. The summed E-state index contributed by atoms with van der Waals surface area (Å²) in [5.74, 6) is 2.12. The Hall–Kier alpha value is -3.31. The Morgan fingerprint density at radius 1 is 0.943 bits per heavy atom. The van der Waals surface area contributed by atoms with Crippen molar-refractivity contribution in [1.82, 2.24) is 10.2 Å². The number of piperidine rings is 1. The van der Waals surface area contributed by atoms with E-state index in [0.29, 0.717) is 5.56 Å². The SMILES string of the molecule is COc1ccc(OC)c(C(C)NC(=O)c2ccc(CN3CCC(Cc4ccccc4)CC3)cc2)c1. The largest absolute Gasteiger partial charge is 0.497 e. The van der Waals surface area contributed by atoms with Crippen LogP contribution >= 0.6 is 0 Å². The van der Waals surface area contributed by atoms with Crippen molar-refractivity contribution in [3.8, 4) is 11.5 Å². The number of rotatable bonds is 9. The van der Waals surface area contributed by atoms with E-state index >= 15 is 0 Å². The zero-order valence-electron chi connectivity index (χ0n) is 21.0. The molecule has 3 aromatic rings. The maximum atomic E-state index is 12.9. The minimum Gasteiger partial charge on any atom is -0.497 e. The molecule has 1 aliphatic heterocycles. The summed E-state index contributed by atoms with van der Waals surface area (Å²) >= 11 is 0. The topological polar surface area (TPSA) is 50.8 Å². The first-order chi connectivity index (χ1) is 17.1. The second kappa shape index (κ2) is 11.9. The normalized spacial score (nSPS) is 15.4. The molecule has 4 rings (SSSR count). The van der Waals surface area contributed by atoms with Gasteiger partial charge in [0.1, 0.15) is 11.5 Å². The Labute approximate surface area is 209 Å². The third-order valence-electron chi connectivity index (χ3n) is 6.95. The number of nitrogens with one attached hydrogen (secondary N) is 1. The predicted molar refractivity (Wildman–Crippen MR) is 140 cm³/mol. The smallest absolute Gasteiger partial charge is 0.251 e. The van der Waals surface area contributed by atoms with E-state index in [9.17, 15) is 4.79 Å². The summed E-state index contributed by atoms with van der Waals surface area (Å²) in [6, 6.07) is 24.2. The fourth-order valence-corrected chi connectivity index (χ4v) is 4.85. The van der Waals surface area contributed by atoms with Crippen LogP contribution in [0.2, 0.25) is 0 Å². The molecule has 5 nitrogen and oxygen atoms in total. The van der Waals surface area contributed by atoms with Crippen molar-refractivity contribution in [3.05, 3.63) is 95.1 Å². The molecule has 0 spiro atoms. The number of hydrogen-bond acceptors (Lipinski definition) is 4. The molecule has 5 heteroatoms. The van der Waals surface area contributed by atoms with Crippen LogP contribution in [-0.2, 0) is 13.0 Å². The van der Waals surface area contributed by atoms with Gasteiger partial charge >= 0.3 is 0 Å². The van der Waals surface area contributed by atoms with Gasteiger partial charge in [-0.1, -0.05) is 42.5 Å². The van der Waals surface area contributed by atoms with E-state index in [1.807, 2.05) is 37.3 Å². The Morgan fingerprint density at radius 3 is 2.31 bits per heavy atom. The van der Waals surface area contributed by atoms with Gasteiger partial charge in [0.25, 0.3) is 5.91 Å². The van der Waals surface area contributed by atoms with E-state index in [-0.39, 0.29) is 11.9 Å². The molecule has 1 aliphatic rings. The second-order valence-corrected chi connectivity index (χ2v) is 9.41. The van der Waals surface area contributed by atoms with E-state index < -0.39 is 0 Å². The first kappa shape index (κ1) is 24.8. The van der Waals surface area contributed by atoms with E-state index in [1.54, 1.807) is 14.2 Å². The molecule has 35 heavy (non-hydrogen) atoms. The molecule has 1 saturated heterocycles. The van der Waals surface area contributed by atoms with Gasteiger partial charge in [-0.15, -0.1) is 0 Å². The molecular weight excluding hydrogens is 436 g/mol. The van der Waals surface area contributed by atoms with Gasteiger partial charge in [0.15, 0.2) is 0 Å². The number of methoxy groups -OCH3 is 2. The second-order valence-electron chi connectivity index (χ2n) is 9.41. The lowest BCUT2D eigenvalue weighted by Gasteiger charge is -2.32. The molecule has 0 bridgehead atoms. The molecule has 1 fully saturated rings. The van der Waals surface area contributed by atoms with Crippen molar-refractivity contribution in [2.24, 2.45) is 5.92 Å². The van der Waals surface area contributed by atoms with E-state index in [4.69, 9.17) is 9.47 Å². The van der Waals surface area contributed by atoms with Gasteiger partial charge in [0, 0.05) is 17.7 Å². The van der Waals surface area contributed by atoms with Gasteiger partial charge in [0.2, 0.25) is 0 Å². The number of likely N-dealkylation sites (tertiary alicyclic amines) is 1. The molecule has 1 atom stereocenters. The van der Waals surface area contributed by atoms with E-state index in [0.717, 1.165) is 42.6 Å². The number of carbonyl (C=O) groups excluding carboxylic acids is 1. The van der Waals surface area contributed by atoms with Gasteiger partial charge in [0.05, 0.1) is 20.3 Å². The monoisotopic (exact) mass is 472 g/mol. The summed E-state index contributed by atoms with van der Waals surface area (Å²) in [5, 5.41) is 3.08. The summed E-state index contributed by atoms with van der Waals surface area (Å²) in [5.41, 5.74) is 4.22. The fourth-order valence-electron chi connectivity index (χ4n) is 4.85. The molecule has 1 unspecified atom stereocenters. The summed E-state index contributed by atoms with van der Waals surface area (Å²) in [6.07, 6.45) is 3.65. The zero-order valence-corrected chi connectivity index (χ0v) is 21.0. The van der Waals surface area contributed by atoms with Gasteiger partial charge in [-0.3, -0.25) is 9.69 Å². The molecule has 1 N–H and O–H groups in total. The predicted octanol–water partition coefficient (Wildman–Crippen LogP) is 5.65. The van der Waals surface area contributed by atoms with Crippen LogP contribution < -0.4 is 14.8 Å². The third-order valence-corrected chi connectivity index (χ3v) is 6.95. The fraction of sp³-hybridized carbons (Fsp3) is 0.367. The highest BCUT2D eigenvalue weighted by atomic mass is 16.5. The minimum atomic E-state index is -0.218. The maximum Gasteiger partial charge on any atom is 0.251 e. The molecule has 0 saturated carbocycles. The minimum absolute atomic E-state index is 0.101. The van der Waals surface area contributed by atoms with Crippen molar-refractivity contribution in [3.63, 3.8) is 0 Å². The van der Waals surface area contributed by atoms with Crippen molar-refractivity contribution >= 4 is 5.91 Å². The Morgan fingerprint density at radius 2 is 1.66 bits per heavy atom. The van der Waals surface area contributed by atoms with Gasteiger partial charge in [-0.2, -0.15) is 0 Å². The molecule has 3 aromatic carbocycles. The van der Waals surface area contributed by atoms with Crippen LogP contribution in [0.25, 0.3) is 0 Å². The van der Waals surface area contributed by atoms with Crippen molar-refractivity contribution < 1.29 is 14.3 Å². The van der Waals surface area contributed by atoms with Crippen LogP contribution in [0.4, 0.5) is 0 Å². The van der Waals surface area contributed by atoms with Gasteiger partial charge < -0.3 is 14.8 Å². The quantitative estimate of drug-likeness (QED) is 0.437. The van der Waals surface area contributed by atoms with Crippen LogP contribution in [0, 0.1) is 5.92 Å². The molecule has 1 heterocycles. The Balaban J connectivity index is 1.28. The van der Waals surface area contributed by atoms with Gasteiger partial charge in [-0.25, -0.2) is 0 Å². The first-order valence-electron chi connectivity index (χ1n) is 12.4.